The van der Waals surface area contributed by atoms with E-state index in [4.69, 9.17) is 0 Å². The molecule has 0 radical (unpaired) electrons. The molecule has 2 aromatic carbocycles. The maximum Gasteiger partial charge on any atom is 0.573 e. The molecule has 11 heteroatoms. The predicted octanol–water partition coefficient (Wildman–Crippen LogP) is 5.45. The first kappa shape index (κ1) is 21.1. The zero-order valence-corrected chi connectivity index (χ0v) is 14.3. The molecular formula is C16H13F6O4P. The van der Waals surface area contributed by atoms with Crippen LogP contribution in [-0.2, 0) is 16.9 Å². The van der Waals surface area contributed by atoms with E-state index in [9.17, 15) is 35.8 Å². The van der Waals surface area contributed by atoms with Gasteiger partial charge in [0, 0.05) is 12.3 Å². The van der Waals surface area contributed by atoms with Crippen LogP contribution in [0.3, 0.4) is 0 Å². The first-order chi connectivity index (χ1) is 12.3. The van der Waals surface area contributed by atoms with Crippen LogP contribution < -0.4 is 9.47 Å². The van der Waals surface area contributed by atoms with Crippen molar-refractivity contribution in [1.82, 2.24) is 0 Å². The van der Waals surface area contributed by atoms with Gasteiger partial charge < -0.3 is 14.4 Å². The Hall–Kier alpha value is -2.19. The molecule has 2 rings (SSSR count). The Labute approximate surface area is 149 Å². The Kier molecular flexibility index (Phi) is 6.11. The summed E-state index contributed by atoms with van der Waals surface area (Å²) in [6, 6.07) is 8.99. The fourth-order valence-electron chi connectivity index (χ4n) is 2.22. The van der Waals surface area contributed by atoms with Crippen LogP contribution in [0.1, 0.15) is 11.1 Å². The second-order valence-corrected chi connectivity index (χ2v) is 7.87. The highest BCUT2D eigenvalue weighted by Crippen LogP contribution is 2.48. The average Bonchev–Trinajstić information content (AvgIpc) is 2.48. The molecule has 0 spiro atoms. The molecule has 0 aliphatic rings. The summed E-state index contributed by atoms with van der Waals surface area (Å²) in [6.07, 6.45) is -10.3. The van der Waals surface area contributed by atoms with Crippen molar-refractivity contribution in [2.75, 3.05) is 0 Å². The lowest BCUT2D eigenvalue weighted by Crippen LogP contribution is -2.17. The summed E-state index contributed by atoms with van der Waals surface area (Å²) in [7, 11) is -3.77. The standard InChI is InChI=1S/C16H13F6O4P/c17-15(18,19)25-13-5-1-11(2-6-13)9-27(23,24)10-12-3-7-14(8-4-12)26-16(20,21)22/h1-8H,9-10H2,(H,23,24). The van der Waals surface area contributed by atoms with Crippen LogP contribution in [0.2, 0.25) is 0 Å². The molecule has 148 valence electrons. The Balaban J connectivity index is 1.99. The molecule has 27 heavy (non-hydrogen) atoms. The van der Waals surface area contributed by atoms with Crippen molar-refractivity contribution >= 4 is 7.37 Å². The molecule has 0 fully saturated rings. The van der Waals surface area contributed by atoms with Gasteiger partial charge in [0.05, 0.1) is 0 Å². The van der Waals surface area contributed by atoms with Crippen LogP contribution in [0.15, 0.2) is 48.5 Å². The minimum atomic E-state index is -4.84. The minimum absolute atomic E-state index is 0.312. The Bertz CT molecular complexity index is 734. The normalized spacial score (nSPS) is 12.7. The molecule has 0 saturated heterocycles. The van der Waals surface area contributed by atoms with Crippen molar-refractivity contribution in [2.24, 2.45) is 0 Å². The Morgan fingerprint density at radius 1 is 0.704 bits per heavy atom. The van der Waals surface area contributed by atoms with E-state index in [-0.39, 0.29) is 12.3 Å². The van der Waals surface area contributed by atoms with E-state index >= 15 is 0 Å². The molecule has 0 atom stereocenters. The smallest absolute Gasteiger partial charge is 0.406 e. The number of rotatable bonds is 6. The lowest BCUT2D eigenvalue weighted by Gasteiger charge is -2.14. The monoisotopic (exact) mass is 414 g/mol. The van der Waals surface area contributed by atoms with E-state index < -0.39 is 31.6 Å². The fraction of sp³-hybridized carbons (Fsp3) is 0.250. The van der Waals surface area contributed by atoms with Gasteiger partial charge in [-0.1, -0.05) is 24.3 Å². The van der Waals surface area contributed by atoms with Crippen molar-refractivity contribution in [2.45, 2.75) is 25.0 Å². The minimum Gasteiger partial charge on any atom is -0.406 e. The predicted molar refractivity (Wildman–Crippen MR) is 83.5 cm³/mol. The van der Waals surface area contributed by atoms with Gasteiger partial charge >= 0.3 is 12.7 Å². The summed E-state index contributed by atoms with van der Waals surface area (Å²) in [5.74, 6) is -0.918. The molecule has 0 amide bonds. The van der Waals surface area contributed by atoms with Gasteiger partial charge in [-0.05, 0) is 35.4 Å². The van der Waals surface area contributed by atoms with Crippen LogP contribution in [0.25, 0.3) is 0 Å². The van der Waals surface area contributed by atoms with Gasteiger partial charge in [0.15, 0.2) is 0 Å². The van der Waals surface area contributed by atoms with E-state index in [1.807, 2.05) is 0 Å². The lowest BCUT2D eigenvalue weighted by molar-refractivity contribution is -0.275. The number of alkyl halides is 6. The van der Waals surface area contributed by atoms with Gasteiger partial charge in [0.1, 0.15) is 11.5 Å². The highest BCUT2D eigenvalue weighted by Gasteiger charge is 2.32. The third kappa shape index (κ3) is 7.92. The van der Waals surface area contributed by atoms with Crippen molar-refractivity contribution in [3.8, 4) is 11.5 Å². The highest BCUT2D eigenvalue weighted by molar-refractivity contribution is 7.56. The van der Waals surface area contributed by atoms with E-state index in [2.05, 4.69) is 9.47 Å². The molecule has 0 aliphatic heterocycles. The molecule has 0 saturated carbocycles. The van der Waals surface area contributed by atoms with Crippen molar-refractivity contribution in [1.29, 1.82) is 0 Å². The quantitative estimate of drug-likeness (QED) is 0.504. The number of hydrogen-bond donors (Lipinski definition) is 1. The molecule has 2 aromatic rings. The van der Waals surface area contributed by atoms with Gasteiger partial charge in [0.2, 0.25) is 7.37 Å². The molecule has 0 heterocycles. The maximum atomic E-state index is 12.3. The van der Waals surface area contributed by atoms with Crippen molar-refractivity contribution in [3.05, 3.63) is 59.7 Å². The molecule has 0 bridgehead atoms. The molecular weight excluding hydrogens is 401 g/mol. The van der Waals surface area contributed by atoms with Crippen LogP contribution in [0.5, 0.6) is 11.5 Å². The van der Waals surface area contributed by atoms with Crippen molar-refractivity contribution in [3.63, 3.8) is 0 Å². The summed E-state index contributed by atoms with van der Waals surface area (Å²) < 4.78 is 92.3. The average molecular weight is 414 g/mol. The van der Waals surface area contributed by atoms with Crippen LogP contribution in [0, 0.1) is 0 Å². The summed E-state index contributed by atoms with van der Waals surface area (Å²) in [6.45, 7) is 0. The van der Waals surface area contributed by atoms with Gasteiger partial charge in [-0.15, -0.1) is 26.3 Å². The Morgan fingerprint density at radius 2 is 1.00 bits per heavy atom. The van der Waals surface area contributed by atoms with E-state index in [0.29, 0.717) is 11.1 Å². The molecule has 0 aromatic heterocycles. The lowest BCUT2D eigenvalue weighted by atomic mass is 10.2. The van der Waals surface area contributed by atoms with Crippen LogP contribution in [0.4, 0.5) is 26.3 Å². The second-order valence-electron chi connectivity index (χ2n) is 5.55. The number of halogens is 6. The van der Waals surface area contributed by atoms with Gasteiger partial charge in [-0.25, -0.2) is 0 Å². The first-order valence-electron chi connectivity index (χ1n) is 7.32. The molecule has 0 aliphatic carbocycles. The Morgan fingerprint density at radius 3 is 1.26 bits per heavy atom. The third-order valence-corrected chi connectivity index (χ3v) is 4.89. The third-order valence-electron chi connectivity index (χ3n) is 3.17. The van der Waals surface area contributed by atoms with E-state index in [1.165, 1.54) is 24.3 Å². The van der Waals surface area contributed by atoms with E-state index in [1.54, 1.807) is 0 Å². The summed E-state index contributed by atoms with van der Waals surface area (Å²) in [4.78, 5) is 10.1. The largest absolute Gasteiger partial charge is 0.573 e. The van der Waals surface area contributed by atoms with Gasteiger partial charge in [-0.3, -0.25) is 4.57 Å². The number of ether oxygens (including phenoxy) is 2. The van der Waals surface area contributed by atoms with Crippen LogP contribution >= 0.6 is 7.37 Å². The maximum absolute atomic E-state index is 12.3. The number of hydrogen-bond acceptors (Lipinski definition) is 3. The first-order valence-corrected chi connectivity index (χ1v) is 9.35. The molecule has 4 nitrogen and oxygen atoms in total. The summed E-state index contributed by atoms with van der Waals surface area (Å²) in [5, 5.41) is 0. The SMILES string of the molecule is O=P(O)(Cc1ccc(OC(F)(F)F)cc1)Cc1ccc(OC(F)(F)F)cc1. The molecule has 0 unspecified atom stereocenters. The zero-order chi connectivity index (χ0) is 20.3. The topological polar surface area (TPSA) is 55.8 Å². The highest BCUT2D eigenvalue weighted by atomic mass is 31.2. The van der Waals surface area contributed by atoms with Gasteiger partial charge in [-0.2, -0.15) is 0 Å². The van der Waals surface area contributed by atoms with Crippen molar-refractivity contribution < 1.29 is 45.3 Å². The fourth-order valence-corrected chi connectivity index (χ4v) is 3.89. The zero-order valence-electron chi connectivity index (χ0n) is 13.4. The number of benzene rings is 2. The van der Waals surface area contributed by atoms with Gasteiger partial charge in [0.25, 0.3) is 0 Å². The second kappa shape index (κ2) is 7.82. The van der Waals surface area contributed by atoms with Crippen LogP contribution in [-0.4, -0.2) is 17.6 Å². The summed E-state index contributed by atoms with van der Waals surface area (Å²) in [5.41, 5.74) is 0.625. The summed E-state index contributed by atoms with van der Waals surface area (Å²) >= 11 is 0. The molecule has 1 N–H and O–H groups in total. The van der Waals surface area contributed by atoms with E-state index in [0.717, 1.165) is 24.3 Å².